The second kappa shape index (κ2) is 10.2. The Kier molecular flexibility index (Phi) is 7.65. The average Bonchev–Trinajstić information content (AvgIpc) is 2.72. The number of nitrogens with zero attached hydrogens (tertiary/aromatic N) is 1. The summed E-state index contributed by atoms with van der Waals surface area (Å²) in [4.78, 5) is 16.3. The maximum Gasteiger partial charge on any atom is 0.228 e. The van der Waals surface area contributed by atoms with E-state index in [9.17, 15) is 4.79 Å². The van der Waals surface area contributed by atoms with Crippen molar-refractivity contribution in [2.24, 2.45) is 0 Å². The van der Waals surface area contributed by atoms with Gasteiger partial charge in [-0.3, -0.25) is 4.79 Å². The van der Waals surface area contributed by atoms with E-state index in [1.54, 1.807) is 43.6 Å². The van der Waals surface area contributed by atoms with E-state index < -0.39 is 0 Å². The standard InChI is InChI=1S/C23H21Cl3N2O3/c1-13(2)17-11-16(5-6-20(17)30-3)31-23-18(24)9-15(10-19(23)25)28-22(29)8-14-4-7-21(26)27-12-14/h4-7,9-13H,8H2,1-3H3,(H,28,29). The molecule has 0 unspecified atom stereocenters. The summed E-state index contributed by atoms with van der Waals surface area (Å²) in [5.74, 6) is 1.69. The fraction of sp³-hybridized carbons (Fsp3) is 0.217. The van der Waals surface area contributed by atoms with Gasteiger partial charge < -0.3 is 14.8 Å². The predicted molar refractivity (Wildman–Crippen MR) is 125 cm³/mol. The Balaban J connectivity index is 1.75. The number of anilines is 1. The topological polar surface area (TPSA) is 60.5 Å². The fourth-order valence-corrected chi connectivity index (χ4v) is 3.65. The van der Waals surface area contributed by atoms with Crippen molar-refractivity contribution in [1.29, 1.82) is 0 Å². The lowest BCUT2D eigenvalue weighted by atomic mass is 10.0. The van der Waals surface area contributed by atoms with Gasteiger partial charge in [0.2, 0.25) is 5.91 Å². The van der Waals surface area contributed by atoms with Crippen LogP contribution in [0.2, 0.25) is 15.2 Å². The minimum Gasteiger partial charge on any atom is -0.496 e. The van der Waals surface area contributed by atoms with Gasteiger partial charge in [0.05, 0.1) is 23.6 Å². The van der Waals surface area contributed by atoms with Gasteiger partial charge in [0, 0.05) is 17.4 Å². The van der Waals surface area contributed by atoms with Crippen LogP contribution in [0.4, 0.5) is 5.69 Å². The lowest BCUT2D eigenvalue weighted by Crippen LogP contribution is -2.14. The molecule has 1 N–H and O–H groups in total. The van der Waals surface area contributed by atoms with Crippen molar-refractivity contribution < 1.29 is 14.3 Å². The lowest BCUT2D eigenvalue weighted by molar-refractivity contribution is -0.115. The van der Waals surface area contributed by atoms with E-state index in [-0.39, 0.29) is 28.3 Å². The van der Waals surface area contributed by atoms with Crippen LogP contribution < -0.4 is 14.8 Å². The van der Waals surface area contributed by atoms with E-state index >= 15 is 0 Å². The van der Waals surface area contributed by atoms with E-state index in [1.165, 1.54) is 0 Å². The number of ether oxygens (including phenoxy) is 2. The molecule has 2 aromatic carbocycles. The number of benzene rings is 2. The summed E-state index contributed by atoms with van der Waals surface area (Å²) in [5.41, 5.74) is 2.21. The Hall–Kier alpha value is -2.47. The van der Waals surface area contributed by atoms with Crippen LogP contribution in [-0.4, -0.2) is 18.0 Å². The largest absolute Gasteiger partial charge is 0.496 e. The number of nitrogens with one attached hydrogen (secondary N) is 1. The maximum absolute atomic E-state index is 12.3. The van der Waals surface area contributed by atoms with Crippen LogP contribution in [0.15, 0.2) is 48.7 Å². The Morgan fingerprint density at radius 1 is 1.06 bits per heavy atom. The normalized spacial score (nSPS) is 10.8. The Morgan fingerprint density at radius 3 is 2.35 bits per heavy atom. The number of hydrogen-bond donors (Lipinski definition) is 1. The summed E-state index contributed by atoms with van der Waals surface area (Å²) >= 11 is 18.6. The van der Waals surface area contributed by atoms with Gasteiger partial charge in [0.1, 0.15) is 16.7 Å². The van der Waals surface area contributed by atoms with Crippen LogP contribution in [0.5, 0.6) is 17.2 Å². The highest BCUT2D eigenvalue weighted by Crippen LogP contribution is 2.40. The third kappa shape index (κ3) is 6.03. The first-order chi connectivity index (χ1) is 14.8. The number of pyridine rings is 1. The molecule has 3 aromatic rings. The van der Waals surface area contributed by atoms with Crippen molar-refractivity contribution in [1.82, 2.24) is 4.98 Å². The summed E-state index contributed by atoms with van der Waals surface area (Å²) in [6, 6.07) is 12.1. The zero-order chi connectivity index (χ0) is 22.5. The van der Waals surface area contributed by atoms with E-state index in [2.05, 4.69) is 24.1 Å². The summed E-state index contributed by atoms with van der Waals surface area (Å²) in [6.07, 6.45) is 1.70. The minimum absolute atomic E-state index is 0.140. The molecule has 0 aliphatic rings. The Bertz CT molecular complexity index is 1060. The molecule has 0 saturated heterocycles. The highest BCUT2D eigenvalue weighted by molar-refractivity contribution is 6.37. The summed E-state index contributed by atoms with van der Waals surface area (Å²) in [5, 5.41) is 3.70. The van der Waals surface area contributed by atoms with Gasteiger partial charge in [-0.2, -0.15) is 0 Å². The van der Waals surface area contributed by atoms with Crippen molar-refractivity contribution in [2.75, 3.05) is 12.4 Å². The molecular formula is C23H21Cl3N2O3. The maximum atomic E-state index is 12.3. The lowest BCUT2D eigenvalue weighted by Gasteiger charge is -2.16. The van der Waals surface area contributed by atoms with Gasteiger partial charge in [-0.1, -0.05) is 54.7 Å². The number of methoxy groups -OCH3 is 1. The highest BCUT2D eigenvalue weighted by atomic mass is 35.5. The van der Waals surface area contributed by atoms with E-state index in [0.717, 1.165) is 16.9 Å². The third-order valence-corrected chi connectivity index (χ3v) is 5.26. The number of aromatic nitrogens is 1. The SMILES string of the molecule is COc1ccc(Oc2c(Cl)cc(NC(=O)Cc3ccc(Cl)nc3)cc2Cl)cc1C(C)C. The van der Waals surface area contributed by atoms with Crippen molar-refractivity contribution in [2.45, 2.75) is 26.2 Å². The average molecular weight is 480 g/mol. The van der Waals surface area contributed by atoms with Crippen LogP contribution in [0.1, 0.15) is 30.9 Å². The first-order valence-corrected chi connectivity index (χ1v) is 10.6. The van der Waals surface area contributed by atoms with Crippen molar-refractivity contribution in [3.8, 4) is 17.2 Å². The van der Waals surface area contributed by atoms with Gasteiger partial charge >= 0.3 is 0 Å². The molecule has 0 saturated carbocycles. The Labute approximate surface area is 196 Å². The molecular weight excluding hydrogens is 459 g/mol. The molecule has 0 spiro atoms. The molecule has 8 heteroatoms. The van der Waals surface area contributed by atoms with Crippen LogP contribution >= 0.6 is 34.8 Å². The van der Waals surface area contributed by atoms with Gasteiger partial charge in [-0.15, -0.1) is 0 Å². The van der Waals surface area contributed by atoms with Crippen molar-refractivity contribution in [3.05, 3.63) is 75.0 Å². The summed E-state index contributed by atoms with van der Waals surface area (Å²) in [7, 11) is 1.63. The predicted octanol–water partition coefficient (Wildman–Crippen LogP) is 7.15. The van der Waals surface area contributed by atoms with Gasteiger partial charge in [0.25, 0.3) is 0 Å². The molecule has 3 rings (SSSR count). The summed E-state index contributed by atoms with van der Waals surface area (Å²) in [6.45, 7) is 4.14. The molecule has 1 amide bonds. The van der Waals surface area contributed by atoms with Crippen molar-refractivity contribution >= 4 is 46.4 Å². The molecule has 162 valence electrons. The zero-order valence-electron chi connectivity index (χ0n) is 17.2. The molecule has 0 aliphatic carbocycles. The Morgan fingerprint density at radius 2 is 1.77 bits per heavy atom. The molecule has 0 aliphatic heterocycles. The van der Waals surface area contributed by atoms with E-state index in [4.69, 9.17) is 44.3 Å². The van der Waals surface area contributed by atoms with Crippen LogP contribution in [0.3, 0.4) is 0 Å². The molecule has 0 atom stereocenters. The number of carbonyl (C=O) groups excluding carboxylic acids is 1. The quantitative estimate of drug-likeness (QED) is 0.366. The number of hydrogen-bond acceptors (Lipinski definition) is 4. The van der Waals surface area contributed by atoms with Gasteiger partial charge in [0.15, 0.2) is 5.75 Å². The van der Waals surface area contributed by atoms with Gasteiger partial charge in [-0.25, -0.2) is 4.98 Å². The molecule has 1 aromatic heterocycles. The third-order valence-electron chi connectivity index (χ3n) is 4.48. The first-order valence-electron chi connectivity index (χ1n) is 9.52. The molecule has 5 nitrogen and oxygen atoms in total. The summed E-state index contributed by atoms with van der Waals surface area (Å²) < 4.78 is 11.3. The van der Waals surface area contributed by atoms with Gasteiger partial charge in [-0.05, 0) is 47.9 Å². The molecule has 31 heavy (non-hydrogen) atoms. The second-order valence-corrected chi connectivity index (χ2v) is 8.35. The molecule has 0 bridgehead atoms. The first kappa shape index (κ1) is 23.2. The molecule has 0 fully saturated rings. The monoisotopic (exact) mass is 478 g/mol. The van der Waals surface area contributed by atoms with E-state index in [0.29, 0.717) is 22.3 Å². The van der Waals surface area contributed by atoms with Crippen LogP contribution in [0.25, 0.3) is 0 Å². The van der Waals surface area contributed by atoms with Crippen molar-refractivity contribution in [3.63, 3.8) is 0 Å². The van der Waals surface area contributed by atoms with Crippen LogP contribution in [-0.2, 0) is 11.2 Å². The fourth-order valence-electron chi connectivity index (χ4n) is 2.98. The minimum atomic E-state index is -0.235. The number of rotatable bonds is 7. The smallest absolute Gasteiger partial charge is 0.228 e. The van der Waals surface area contributed by atoms with E-state index in [1.807, 2.05) is 12.1 Å². The zero-order valence-corrected chi connectivity index (χ0v) is 19.5. The highest BCUT2D eigenvalue weighted by Gasteiger charge is 2.15. The number of amides is 1. The second-order valence-electron chi connectivity index (χ2n) is 7.14. The molecule has 1 heterocycles. The molecule has 0 radical (unpaired) electrons. The number of halogens is 3. The van der Waals surface area contributed by atoms with Crippen LogP contribution in [0, 0.1) is 0 Å². The number of carbonyl (C=O) groups is 1.